The van der Waals surface area contributed by atoms with Crippen LogP contribution in [0.2, 0.25) is 0 Å². The molecule has 0 spiro atoms. The van der Waals surface area contributed by atoms with Crippen LogP contribution in [0.3, 0.4) is 0 Å². The van der Waals surface area contributed by atoms with Crippen LogP contribution >= 0.6 is 22.7 Å². The highest BCUT2D eigenvalue weighted by molar-refractivity contribution is 7.12. The van der Waals surface area contributed by atoms with Crippen molar-refractivity contribution in [2.24, 2.45) is 0 Å². The van der Waals surface area contributed by atoms with Gasteiger partial charge >= 0.3 is 0 Å². The van der Waals surface area contributed by atoms with Crippen LogP contribution < -0.4 is 5.32 Å². The predicted octanol–water partition coefficient (Wildman–Crippen LogP) is 4.47. The van der Waals surface area contributed by atoms with Crippen LogP contribution in [0.4, 0.5) is 0 Å². The van der Waals surface area contributed by atoms with Crippen LogP contribution in [0, 0.1) is 0 Å². The van der Waals surface area contributed by atoms with Crippen molar-refractivity contribution < 1.29 is 0 Å². The minimum atomic E-state index is 0.553. The van der Waals surface area contributed by atoms with E-state index < -0.39 is 0 Å². The lowest BCUT2D eigenvalue weighted by atomic mass is 10.3. The average Bonchev–Trinajstić information content (AvgIpc) is 2.99. The van der Waals surface area contributed by atoms with Gasteiger partial charge in [0.2, 0.25) is 0 Å². The van der Waals surface area contributed by atoms with E-state index in [4.69, 9.17) is 0 Å². The SMILES string of the molecule is CC(C)NCc1ccc(CN(Cc2cccs2)C2CC2)s1. The van der Waals surface area contributed by atoms with Crippen molar-refractivity contribution in [1.29, 1.82) is 0 Å². The van der Waals surface area contributed by atoms with Crippen LogP contribution in [-0.2, 0) is 19.6 Å². The highest BCUT2D eigenvalue weighted by Crippen LogP contribution is 2.31. The summed E-state index contributed by atoms with van der Waals surface area (Å²) >= 11 is 3.84. The molecular weight excluding hydrogens is 296 g/mol. The Balaban J connectivity index is 1.58. The van der Waals surface area contributed by atoms with Crippen molar-refractivity contribution >= 4 is 22.7 Å². The van der Waals surface area contributed by atoms with Crippen molar-refractivity contribution in [3.05, 3.63) is 44.3 Å². The molecule has 0 amide bonds. The first-order chi connectivity index (χ1) is 10.2. The molecule has 2 nitrogen and oxygen atoms in total. The number of nitrogens with zero attached hydrogens (tertiary/aromatic N) is 1. The van der Waals surface area contributed by atoms with E-state index in [9.17, 15) is 0 Å². The van der Waals surface area contributed by atoms with E-state index >= 15 is 0 Å². The molecule has 0 unspecified atom stereocenters. The Kier molecular flexibility index (Phi) is 5.11. The molecule has 0 aromatic carbocycles. The predicted molar refractivity (Wildman–Crippen MR) is 92.9 cm³/mol. The van der Waals surface area contributed by atoms with Gasteiger partial charge in [-0.1, -0.05) is 19.9 Å². The largest absolute Gasteiger partial charge is 0.310 e. The van der Waals surface area contributed by atoms with E-state index in [0.717, 1.165) is 25.7 Å². The van der Waals surface area contributed by atoms with Gasteiger partial charge in [-0.05, 0) is 36.4 Å². The Morgan fingerprint density at radius 3 is 2.57 bits per heavy atom. The second-order valence-corrected chi connectivity index (χ2v) is 8.40. The molecule has 1 saturated carbocycles. The molecule has 0 aliphatic heterocycles. The van der Waals surface area contributed by atoms with Gasteiger partial charge in [0.05, 0.1) is 0 Å². The monoisotopic (exact) mass is 320 g/mol. The van der Waals surface area contributed by atoms with Crippen LogP contribution in [0.15, 0.2) is 29.6 Å². The lowest BCUT2D eigenvalue weighted by molar-refractivity contribution is 0.250. The molecule has 21 heavy (non-hydrogen) atoms. The zero-order chi connectivity index (χ0) is 14.7. The number of thiophene rings is 2. The van der Waals surface area contributed by atoms with Crippen LogP contribution in [0.25, 0.3) is 0 Å². The Morgan fingerprint density at radius 2 is 1.90 bits per heavy atom. The smallest absolute Gasteiger partial charge is 0.0334 e. The lowest BCUT2D eigenvalue weighted by Crippen LogP contribution is -2.24. The summed E-state index contributed by atoms with van der Waals surface area (Å²) in [6, 6.07) is 10.4. The van der Waals surface area contributed by atoms with Crippen molar-refractivity contribution in [2.45, 2.75) is 58.4 Å². The Bertz CT molecular complexity index is 541. The summed E-state index contributed by atoms with van der Waals surface area (Å²) in [5, 5.41) is 5.68. The van der Waals surface area contributed by atoms with E-state index in [1.807, 2.05) is 22.7 Å². The molecule has 0 atom stereocenters. The zero-order valence-electron chi connectivity index (χ0n) is 12.8. The van der Waals surface area contributed by atoms with Gasteiger partial charge < -0.3 is 5.32 Å². The van der Waals surface area contributed by atoms with Gasteiger partial charge in [-0.15, -0.1) is 22.7 Å². The van der Waals surface area contributed by atoms with E-state index in [2.05, 4.69) is 53.7 Å². The summed E-state index contributed by atoms with van der Waals surface area (Å²) in [5.41, 5.74) is 0. The quantitative estimate of drug-likeness (QED) is 0.772. The molecule has 3 rings (SSSR count). The molecule has 1 fully saturated rings. The average molecular weight is 321 g/mol. The normalized spacial score (nSPS) is 15.2. The zero-order valence-corrected chi connectivity index (χ0v) is 14.5. The van der Waals surface area contributed by atoms with E-state index in [1.54, 1.807) is 0 Å². The minimum absolute atomic E-state index is 0.553. The third-order valence-corrected chi connectivity index (χ3v) is 5.69. The maximum atomic E-state index is 3.50. The van der Waals surface area contributed by atoms with Gasteiger partial charge in [-0.2, -0.15) is 0 Å². The maximum absolute atomic E-state index is 3.50. The fraction of sp³-hybridized carbons (Fsp3) is 0.529. The fourth-order valence-corrected chi connectivity index (χ4v) is 4.19. The summed E-state index contributed by atoms with van der Waals surface area (Å²) in [6.07, 6.45) is 2.75. The molecule has 2 aromatic heterocycles. The molecule has 4 heteroatoms. The highest BCUT2D eigenvalue weighted by atomic mass is 32.1. The molecule has 114 valence electrons. The van der Waals surface area contributed by atoms with Gasteiger partial charge in [0, 0.05) is 46.3 Å². The van der Waals surface area contributed by atoms with Crippen LogP contribution in [-0.4, -0.2) is 17.0 Å². The summed E-state index contributed by atoms with van der Waals surface area (Å²) < 4.78 is 0. The topological polar surface area (TPSA) is 15.3 Å². The Hall–Kier alpha value is -0.680. The van der Waals surface area contributed by atoms with E-state index in [1.165, 1.54) is 27.5 Å². The van der Waals surface area contributed by atoms with Gasteiger partial charge in [-0.3, -0.25) is 4.90 Å². The molecule has 0 bridgehead atoms. The molecule has 2 heterocycles. The van der Waals surface area contributed by atoms with Crippen LogP contribution in [0.1, 0.15) is 41.3 Å². The fourth-order valence-electron chi connectivity index (χ4n) is 2.46. The van der Waals surface area contributed by atoms with Gasteiger partial charge in [0.25, 0.3) is 0 Å². The Labute approximate surface area is 135 Å². The van der Waals surface area contributed by atoms with Crippen molar-refractivity contribution in [2.75, 3.05) is 0 Å². The highest BCUT2D eigenvalue weighted by Gasteiger charge is 2.29. The molecule has 1 N–H and O–H groups in total. The summed E-state index contributed by atoms with van der Waals surface area (Å²) in [7, 11) is 0. The first kappa shape index (κ1) is 15.2. The van der Waals surface area contributed by atoms with Crippen LogP contribution in [0.5, 0.6) is 0 Å². The number of nitrogens with one attached hydrogen (secondary N) is 1. The van der Waals surface area contributed by atoms with Gasteiger partial charge in [-0.25, -0.2) is 0 Å². The number of rotatable bonds is 8. The third-order valence-electron chi connectivity index (χ3n) is 3.76. The minimum Gasteiger partial charge on any atom is -0.310 e. The molecular formula is C17H24N2S2. The van der Waals surface area contributed by atoms with E-state index in [0.29, 0.717) is 6.04 Å². The molecule has 2 aromatic rings. The van der Waals surface area contributed by atoms with E-state index in [-0.39, 0.29) is 0 Å². The first-order valence-corrected chi connectivity index (χ1v) is 9.47. The van der Waals surface area contributed by atoms with Crippen molar-refractivity contribution in [3.8, 4) is 0 Å². The number of hydrogen-bond acceptors (Lipinski definition) is 4. The summed E-state index contributed by atoms with van der Waals surface area (Å²) in [4.78, 5) is 7.09. The molecule has 0 radical (unpaired) electrons. The summed E-state index contributed by atoms with van der Waals surface area (Å²) in [5.74, 6) is 0. The lowest BCUT2D eigenvalue weighted by Gasteiger charge is -2.20. The second kappa shape index (κ2) is 7.05. The van der Waals surface area contributed by atoms with Gasteiger partial charge in [0.1, 0.15) is 0 Å². The van der Waals surface area contributed by atoms with Crippen molar-refractivity contribution in [3.63, 3.8) is 0 Å². The molecule has 1 aliphatic rings. The molecule has 1 aliphatic carbocycles. The molecule has 0 saturated heterocycles. The second-order valence-electron chi connectivity index (χ2n) is 6.12. The third kappa shape index (κ3) is 4.65. The summed E-state index contributed by atoms with van der Waals surface area (Å²) in [6.45, 7) is 7.61. The number of hydrogen-bond donors (Lipinski definition) is 1. The Morgan fingerprint density at radius 1 is 1.14 bits per heavy atom. The standard InChI is InChI=1S/C17H24N2S2/c1-13(2)18-10-15-7-8-17(21-15)12-19(14-5-6-14)11-16-4-3-9-20-16/h3-4,7-9,13-14,18H,5-6,10-12H2,1-2H3. The first-order valence-electron chi connectivity index (χ1n) is 7.78. The van der Waals surface area contributed by atoms with Gasteiger partial charge in [0.15, 0.2) is 0 Å². The maximum Gasteiger partial charge on any atom is 0.0334 e. The van der Waals surface area contributed by atoms with Crippen molar-refractivity contribution in [1.82, 2.24) is 10.2 Å².